The number of hydrogen-bond donors (Lipinski definition) is 1. The minimum atomic E-state index is -0.822. The fraction of sp³-hybridized carbons (Fsp3) is 0.556. The molecular formula is C18H25NO3. The van der Waals surface area contributed by atoms with Crippen LogP contribution in [0.25, 0.3) is 0 Å². The zero-order chi connectivity index (χ0) is 15.9. The summed E-state index contributed by atoms with van der Waals surface area (Å²) < 4.78 is 0. The second kappa shape index (κ2) is 7.97. The minimum Gasteiger partial charge on any atom is -0.481 e. The maximum absolute atomic E-state index is 12.3. The predicted molar refractivity (Wildman–Crippen MR) is 86.1 cm³/mol. The van der Waals surface area contributed by atoms with Gasteiger partial charge in [-0.3, -0.25) is 9.59 Å². The summed E-state index contributed by atoms with van der Waals surface area (Å²) in [4.78, 5) is 24.4. The molecule has 0 saturated heterocycles. The van der Waals surface area contributed by atoms with Crippen LogP contribution in [0.5, 0.6) is 0 Å². The van der Waals surface area contributed by atoms with Crippen LogP contribution in [0, 0.1) is 0 Å². The Morgan fingerprint density at radius 2 is 1.77 bits per heavy atom. The molecule has 1 aliphatic carbocycles. The average molecular weight is 303 g/mol. The van der Waals surface area contributed by atoms with Gasteiger partial charge < -0.3 is 10.0 Å². The quantitative estimate of drug-likeness (QED) is 0.872. The lowest BCUT2D eigenvalue weighted by molar-refractivity contribution is -0.137. The summed E-state index contributed by atoms with van der Waals surface area (Å²) in [6.45, 7) is 0.468. The highest BCUT2D eigenvalue weighted by atomic mass is 16.4. The normalized spacial score (nSPS) is 15.5. The number of carboxylic acids is 1. The zero-order valence-electron chi connectivity index (χ0n) is 13.3. The molecule has 0 radical (unpaired) electrons. The van der Waals surface area contributed by atoms with E-state index in [0.29, 0.717) is 24.4 Å². The van der Waals surface area contributed by atoms with Gasteiger partial charge in [0.15, 0.2) is 0 Å². The molecule has 1 amide bonds. The number of aliphatic carboxylic acids is 1. The van der Waals surface area contributed by atoms with Crippen LogP contribution in [0.1, 0.15) is 66.8 Å². The Labute approximate surface area is 132 Å². The van der Waals surface area contributed by atoms with E-state index in [2.05, 4.69) is 12.1 Å². The van der Waals surface area contributed by atoms with Crippen LogP contribution in [0.2, 0.25) is 0 Å². The molecule has 0 bridgehead atoms. The molecule has 0 atom stereocenters. The molecule has 0 spiro atoms. The molecule has 0 aromatic heterocycles. The molecule has 22 heavy (non-hydrogen) atoms. The fourth-order valence-corrected chi connectivity index (χ4v) is 3.12. The molecule has 1 saturated carbocycles. The number of carboxylic acid groups (broad SMARTS) is 1. The van der Waals surface area contributed by atoms with Crippen LogP contribution in [0.15, 0.2) is 24.3 Å². The van der Waals surface area contributed by atoms with Crippen molar-refractivity contribution in [1.29, 1.82) is 0 Å². The van der Waals surface area contributed by atoms with Crippen molar-refractivity contribution in [2.24, 2.45) is 0 Å². The molecule has 1 N–H and O–H groups in total. The second-order valence-electron chi connectivity index (χ2n) is 6.18. The van der Waals surface area contributed by atoms with Crippen molar-refractivity contribution in [1.82, 2.24) is 4.90 Å². The van der Waals surface area contributed by atoms with Crippen molar-refractivity contribution in [3.8, 4) is 0 Å². The summed E-state index contributed by atoms with van der Waals surface area (Å²) in [6, 6.07) is 7.96. The van der Waals surface area contributed by atoms with Crippen molar-refractivity contribution in [3.63, 3.8) is 0 Å². The van der Waals surface area contributed by atoms with E-state index in [1.54, 1.807) is 11.9 Å². The third-order valence-corrected chi connectivity index (χ3v) is 4.47. The Morgan fingerprint density at radius 1 is 1.14 bits per heavy atom. The molecule has 1 aromatic rings. The van der Waals surface area contributed by atoms with E-state index in [1.807, 2.05) is 12.1 Å². The second-order valence-corrected chi connectivity index (χ2v) is 6.18. The molecule has 1 aliphatic rings. The van der Waals surface area contributed by atoms with Crippen molar-refractivity contribution in [2.45, 2.75) is 50.9 Å². The van der Waals surface area contributed by atoms with Crippen LogP contribution in [-0.4, -0.2) is 35.5 Å². The van der Waals surface area contributed by atoms with E-state index in [1.165, 1.54) is 37.7 Å². The maximum Gasteiger partial charge on any atom is 0.303 e. The number of rotatable bonds is 6. The summed E-state index contributed by atoms with van der Waals surface area (Å²) >= 11 is 0. The Balaban J connectivity index is 1.91. The molecule has 0 unspecified atom stereocenters. The number of hydrogen-bond acceptors (Lipinski definition) is 2. The van der Waals surface area contributed by atoms with Crippen LogP contribution in [0.3, 0.4) is 0 Å². The number of benzene rings is 1. The largest absolute Gasteiger partial charge is 0.481 e. The zero-order valence-corrected chi connectivity index (χ0v) is 13.3. The summed E-state index contributed by atoms with van der Waals surface area (Å²) in [7, 11) is 1.72. The summed E-state index contributed by atoms with van der Waals surface area (Å²) in [5.41, 5.74) is 2.02. The van der Waals surface area contributed by atoms with Crippen LogP contribution in [0.4, 0.5) is 0 Å². The van der Waals surface area contributed by atoms with Gasteiger partial charge in [0.1, 0.15) is 0 Å². The molecule has 2 rings (SSSR count). The Bertz CT molecular complexity index is 504. The van der Waals surface area contributed by atoms with Crippen molar-refractivity contribution in [2.75, 3.05) is 13.6 Å². The van der Waals surface area contributed by atoms with Gasteiger partial charge in [-0.2, -0.15) is 0 Å². The van der Waals surface area contributed by atoms with E-state index in [-0.39, 0.29) is 12.3 Å². The first-order valence-electron chi connectivity index (χ1n) is 8.15. The Morgan fingerprint density at radius 3 is 2.36 bits per heavy atom. The van der Waals surface area contributed by atoms with Crippen molar-refractivity contribution >= 4 is 11.9 Å². The molecule has 4 nitrogen and oxygen atoms in total. The summed E-state index contributed by atoms with van der Waals surface area (Å²) in [5, 5.41) is 8.63. The van der Waals surface area contributed by atoms with Gasteiger partial charge >= 0.3 is 5.97 Å². The van der Waals surface area contributed by atoms with E-state index in [4.69, 9.17) is 5.11 Å². The van der Waals surface area contributed by atoms with Gasteiger partial charge in [-0.25, -0.2) is 0 Å². The van der Waals surface area contributed by atoms with Crippen LogP contribution in [-0.2, 0) is 4.79 Å². The molecular weight excluding hydrogens is 278 g/mol. The van der Waals surface area contributed by atoms with Crippen molar-refractivity contribution < 1.29 is 14.7 Å². The fourth-order valence-electron chi connectivity index (χ4n) is 3.12. The first-order valence-corrected chi connectivity index (χ1v) is 8.15. The molecule has 0 heterocycles. The Hall–Kier alpha value is -1.84. The van der Waals surface area contributed by atoms with Gasteiger partial charge in [-0.1, -0.05) is 31.4 Å². The molecule has 0 aliphatic heterocycles. The lowest BCUT2D eigenvalue weighted by Gasteiger charge is -2.22. The van der Waals surface area contributed by atoms with Crippen LogP contribution >= 0.6 is 0 Å². The SMILES string of the molecule is CN(CCCC(=O)O)C(=O)c1ccc(C2CCCCC2)cc1. The van der Waals surface area contributed by atoms with Gasteiger partial charge in [0.2, 0.25) is 0 Å². The number of carbonyl (C=O) groups excluding carboxylic acids is 1. The van der Waals surface area contributed by atoms with E-state index in [9.17, 15) is 9.59 Å². The molecule has 1 fully saturated rings. The Kier molecular flexibility index (Phi) is 5.99. The lowest BCUT2D eigenvalue weighted by Crippen LogP contribution is -2.28. The summed E-state index contributed by atoms with van der Waals surface area (Å²) in [6.07, 6.45) is 7.03. The number of nitrogens with zero attached hydrogens (tertiary/aromatic N) is 1. The molecule has 1 aromatic carbocycles. The third-order valence-electron chi connectivity index (χ3n) is 4.47. The standard InChI is InChI=1S/C18H25NO3/c1-19(13-5-8-17(20)21)18(22)16-11-9-15(10-12-16)14-6-3-2-4-7-14/h9-12,14H,2-8,13H2,1H3,(H,20,21). The van der Waals surface area contributed by atoms with E-state index in [0.717, 1.165) is 0 Å². The first-order chi connectivity index (χ1) is 10.6. The highest BCUT2D eigenvalue weighted by Gasteiger charge is 2.17. The minimum absolute atomic E-state index is 0.0411. The number of carbonyl (C=O) groups is 2. The predicted octanol–water partition coefficient (Wildman–Crippen LogP) is 3.67. The maximum atomic E-state index is 12.3. The lowest BCUT2D eigenvalue weighted by atomic mass is 9.84. The smallest absolute Gasteiger partial charge is 0.303 e. The van der Waals surface area contributed by atoms with E-state index >= 15 is 0 Å². The third kappa shape index (κ3) is 4.58. The highest BCUT2D eigenvalue weighted by Crippen LogP contribution is 2.32. The topological polar surface area (TPSA) is 57.6 Å². The number of amides is 1. The van der Waals surface area contributed by atoms with Gasteiger partial charge in [-0.15, -0.1) is 0 Å². The van der Waals surface area contributed by atoms with Gasteiger partial charge in [0.05, 0.1) is 0 Å². The van der Waals surface area contributed by atoms with Gasteiger partial charge in [-0.05, 0) is 42.9 Å². The summed E-state index contributed by atoms with van der Waals surface area (Å²) in [5.74, 6) is -0.218. The average Bonchev–Trinajstić information content (AvgIpc) is 2.54. The monoisotopic (exact) mass is 303 g/mol. The molecule has 120 valence electrons. The van der Waals surface area contributed by atoms with Crippen LogP contribution < -0.4 is 0 Å². The highest BCUT2D eigenvalue weighted by molar-refractivity contribution is 5.94. The van der Waals surface area contributed by atoms with Gasteiger partial charge in [0, 0.05) is 25.6 Å². The first kappa shape index (κ1) is 16.5. The van der Waals surface area contributed by atoms with Gasteiger partial charge in [0.25, 0.3) is 5.91 Å². The van der Waals surface area contributed by atoms with Crippen molar-refractivity contribution in [3.05, 3.63) is 35.4 Å². The molecule has 4 heteroatoms. The van der Waals surface area contributed by atoms with E-state index < -0.39 is 5.97 Å².